The number of amides is 1. The lowest BCUT2D eigenvalue weighted by Crippen LogP contribution is -2.38. The standard InChI is InChI=1S/C13H16FNO3/c1-13(2,3)18-12(17)11(16)15(4)10-7-5-9(14)6-8-10/h5-8H,1-4H3. The molecule has 0 aliphatic carbocycles. The molecule has 0 saturated heterocycles. The van der Waals surface area contributed by atoms with Crippen molar-refractivity contribution >= 4 is 17.6 Å². The summed E-state index contributed by atoms with van der Waals surface area (Å²) in [5.41, 5.74) is -0.302. The van der Waals surface area contributed by atoms with Crippen LogP contribution in [0.15, 0.2) is 24.3 Å². The Morgan fingerprint density at radius 3 is 2.11 bits per heavy atom. The van der Waals surface area contributed by atoms with Gasteiger partial charge in [-0.05, 0) is 45.0 Å². The second-order valence-electron chi connectivity index (χ2n) is 4.84. The maximum atomic E-state index is 12.7. The number of rotatable bonds is 1. The highest BCUT2D eigenvalue weighted by Gasteiger charge is 2.26. The zero-order valence-electron chi connectivity index (χ0n) is 10.9. The second kappa shape index (κ2) is 5.16. The smallest absolute Gasteiger partial charge is 0.397 e. The number of carbonyl (C=O) groups is 2. The molecule has 0 N–H and O–H groups in total. The fourth-order valence-electron chi connectivity index (χ4n) is 1.24. The summed E-state index contributed by atoms with van der Waals surface area (Å²) in [5, 5.41) is 0. The predicted molar refractivity (Wildman–Crippen MR) is 65.7 cm³/mol. The topological polar surface area (TPSA) is 46.6 Å². The van der Waals surface area contributed by atoms with Gasteiger partial charge >= 0.3 is 11.9 Å². The first-order chi connectivity index (χ1) is 8.20. The van der Waals surface area contributed by atoms with Gasteiger partial charge in [-0.3, -0.25) is 4.79 Å². The molecule has 0 spiro atoms. The molecular formula is C13H16FNO3. The SMILES string of the molecule is CN(C(=O)C(=O)OC(C)(C)C)c1ccc(F)cc1. The Kier molecular flexibility index (Phi) is 4.06. The van der Waals surface area contributed by atoms with Gasteiger partial charge in [0.15, 0.2) is 0 Å². The number of ether oxygens (including phenoxy) is 1. The first kappa shape index (κ1) is 14.2. The molecule has 0 saturated carbocycles. The minimum atomic E-state index is -0.936. The Balaban J connectivity index is 2.78. The normalized spacial score (nSPS) is 10.9. The number of benzene rings is 1. The predicted octanol–water partition coefficient (Wildman–Crippen LogP) is 2.13. The van der Waals surface area contributed by atoms with Crippen molar-refractivity contribution in [2.75, 3.05) is 11.9 Å². The van der Waals surface area contributed by atoms with Crippen LogP contribution in [-0.4, -0.2) is 24.5 Å². The third kappa shape index (κ3) is 3.84. The molecule has 5 heteroatoms. The molecule has 4 nitrogen and oxygen atoms in total. The van der Waals surface area contributed by atoms with Crippen molar-refractivity contribution in [3.8, 4) is 0 Å². The monoisotopic (exact) mass is 253 g/mol. The summed E-state index contributed by atoms with van der Waals surface area (Å²) in [6.45, 7) is 5.03. The van der Waals surface area contributed by atoms with Crippen LogP contribution in [0.2, 0.25) is 0 Å². The Morgan fingerprint density at radius 1 is 1.17 bits per heavy atom. The van der Waals surface area contributed by atoms with Gasteiger partial charge in [0, 0.05) is 12.7 Å². The maximum absolute atomic E-state index is 12.7. The molecule has 0 aliphatic rings. The van der Waals surface area contributed by atoms with Gasteiger partial charge in [-0.25, -0.2) is 9.18 Å². The molecular weight excluding hydrogens is 237 g/mol. The molecule has 0 bridgehead atoms. The van der Waals surface area contributed by atoms with E-state index in [0.29, 0.717) is 5.69 Å². The number of likely N-dealkylation sites (N-methyl/N-ethyl adjacent to an activating group) is 1. The minimum absolute atomic E-state index is 0.406. The van der Waals surface area contributed by atoms with Gasteiger partial charge in [0.05, 0.1) is 0 Å². The van der Waals surface area contributed by atoms with Gasteiger partial charge in [-0.15, -0.1) is 0 Å². The number of hydrogen-bond donors (Lipinski definition) is 0. The van der Waals surface area contributed by atoms with Gasteiger partial charge in [-0.2, -0.15) is 0 Å². The van der Waals surface area contributed by atoms with Crippen molar-refractivity contribution in [2.24, 2.45) is 0 Å². The molecule has 1 amide bonds. The van der Waals surface area contributed by atoms with Crippen LogP contribution in [0.5, 0.6) is 0 Å². The third-order valence-corrected chi connectivity index (χ3v) is 2.09. The molecule has 0 unspecified atom stereocenters. The molecule has 18 heavy (non-hydrogen) atoms. The Hall–Kier alpha value is -1.91. The summed E-state index contributed by atoms with van der Waals surface area (Å²) in [4.78, 5) is 24.4. The summed E-state index contributed by atoms with van der Waals surface area (Å²) >= 11 is 0. The average Bonchev–Trinajstić information content (AvgIpc) is 2.26. The first-order valence-corrected chi connectivity index (χ1v) is 5.47. The summed E-state index contributed by atoms with van der Waals surface area (Å²) in [6, 6.07) is 5.26. The van der Waals surface area contributed by atoms with Crippen molar-refractivity contribution in [3.63, 3.8) is 0 Å². The third-order valence-electron chi connectivity index (χ3n) is 2.09. The van der Waals surface area contributed by atoms with Gasteiger partial charge in [0.2, 0.25) is 0 Å². The van der Waals surface area contributed by atoms with Crippen LogP contribution in [0.3, 0.4) is 0 Å². The number of hydrogen-bond acceptors (Lipinski definition) is 3. The fourth-order valence-corrected chi connectivity index (χ4v) is 1.24. The largest absolute Gasteiger partial charge is 0.453 e. The minimum Gasteiger partial charge on any atom is -0.453 e. The molecule has 0 atom stereocenters. The Morgan fingerprint density at radius 2 is 1.67 bits per heavy atom. The lowest BCUT2D eigenvalue weighted by atomic mass is 10.2. The van der Waals surface area contributed by atoms with E-state index in [1.165, 1.54) is 31.3 Å². The molecule has 1 aromatic carbocycles. The molecule has 0 fully saturated rings. The zero-order chi connectivity index (χ0) is 13.9. The van der Waals surface area contributed by atoms with E-state index < -0.39 is 23.3 Å². The van der Waals surface area contributed by atoms with E-state index in [0.717, 1.165) is 4.90 Å². The fraction of sp³-hybridized carbons (Fsp3) is 0.385. The second-order valence-corrected chi connectivity index (χ2v) is 4.84. The molecule has 0 aromatic heterocycles. The van der Waals surface area contributed by atoms with Crippen LogP contribution in [-0.2, 0) is 14.3 Å². The number of nitrogens with zero attached hydrogens (tertiary/aromatic N) is 1. The van der Waals surface area contributed by atoms with Crippen LogP contribution < -0.4 is 4.90 Å². The van der Waals surface area contributed by atoms with Crippen molar-refractivity contribution in [1.29, 1.82) is 0 Å². The summed E-state index contributed by atoms with van der Waals surface area (Å²) < 4.78 is 17.7. The molecule has 0 radical (unpaired) electrons. The van der Waals surface area contributed by atoms with Gasteiger partial charge in [0.1, 0.15) is 11.4 Å². The summed E-state index contributed by atoms with van der Waals surface area (Å²) in [6.07, 6.45) is 0. The van der Waals surface area contributed by atoms with E-state index in [4.69, 9.17) is 4.74 Å². The zero-order valence-corrected chi connectivity index (χ0v) is 10.9. The van der Waals surface area contributed by atoms with Gasteiger partial charge < -0.3 is 9.64 Å². The van der Waals surface area contributed by atoms with Crippen LogP contribution in [0.1, 0.15) is 20.8 Å². The highest BCUT2D eigenvalue weighted by Crippen LogP contribution is 2.15. The van der Waals surface area contributed by atoms with E-state index in [-0.39, 0.29) is 0 Å². The number of anilines is 1. The summed E-state index contributed by atoms with van der Waals surface area (Å²) in [7, 11) is 1.43. The lowest BCUT2D eigenvalue weighted by Gasteiger charge is -2.22. The maximum Gasteiger partial charge on any atom is 0.397 e. The van der Waals surface area contributed by atoms with E-state index in [1.807, 2.05) is 0 Å². The highest BCUT2D eigenvalue weighted by atomic mass is 19.1. The molecule has 98 valence electrons. The molecule has 1 aromatic rings. The van der Waals surface area contributed by atoms with E-state index >= 15 is 0 Å². The molecule has 0 heterocycles. The summed E-state index contributed by atoms with van der Waals surface area (Å²) in [5.74, 6) is -2.14. The van der Waals surface area contributed by atoms with E-state index in [1.54, 1.807) is 20.8 Å². The lowest BCUT2D eigenvalue weighted by molar-refractivity contribution is -0.162. The van der Waals surface area contributed by atoms with Crippen molar-refractivity contribution in [3.05, 3.63) is 30.1 Å². The van der Waals surface area contributed by atoms with Crippen LogP contribution >= 0.6 is 0 Å². The molecule has 0 aliphatic heterocycles. The van der Waals surface area contributed by atoms with Gasteiger partial charge in [0.25, 0.3) is 0 Å². The molecule has 1 rings (SSSR count). The quantitative estimate of drug-likeness (QED) is 0.569. The first-order valence-electron chi connectivity index (χ1n) is 5.47. The van der Waals surface area contributed by atoms with Crippen molar-refractivity contribution in [1.82, 2.24) is 0 Å². The van der Waals surface area contributed by atoms with Crippen molar-refractivity contribution in [2.45, 2.75) is 26.4 Å². The number of esters is 1. The highest BCUT2D eigenvalue weighted by molar-refractivity contribution is 6.38. The van der Waals surface area contributed by atoms with Crippen LogP contribution in [0.4, 0.5) is 10.1 Å². The Labute approximate surface area is 105 Å². The van der Waals surface area contributed by atoms with Gasteiger partial charge in [-0.1, -0.05) is 0 Å². The average molecular weight is 253 g/mol. The van der Waals surface area contributed by atoms with Crippen LogP contribution in [0, 0.1) is 5.82 Å². The number of carbonyl (C=O) groups excluding carboxylic acids is 2. The van der Waals surface area contributed by atoms with E-state index in [9.17, 15) is 14.0 Å². The van der Waals surface area contributed by atoms with Crippen LogP contribution in [0.25, 0.3) is 0 Å². The number of halogens is 1. The van der Waals surface area contributed by atoms with Crippen molar-refractivity contribution < 1.29 is 18.7 Å². The Bertz CT molecular complexity index is 448. The van der Waals surface area contributed by atoms with E-state index in [2.05, 4.69) is 0 Å².